The van der Waals surface area contributed by atoms with E-state index < -0.39 is 30.1 Å². The number of halogens is 2. The first-order chi connectivity index (χ1) is 10.4. The fourth-order valence-corrected chi connectivity index (χ4v) is 1.71. The molecule has 7 heteroatoms. The van der Waals surface area contributed by atoms with Gasteiger partial charge in [0.15, 0.2) is 6.61 Å². The van der Waals surface area contributed by atoms with Crippen molar-refractivity contribution in [2.45, 2.75) is 39.2 Å². The molecule has 0 atom stereocenters. The van der Waals surface area contributed by atoms with E-state index in [0.717, 1.165) is 19.2 Å². The number of benzene rings is 1. The fraction of sp³-hybridized carbons (Fsp3) is 0.500. The van der Waals surface area contributed by atoms with E-state index in [1.54, 1.807) is 20.8 Å². The average molecular weight is 330 g/mol. The summed E-state index contributed by atoms with van der Waals surface area (Å²) in [5, 5.41) is 0. The lowest BCUT2D eigenvalue weighted by molar-refractivity contribution is -0.157. The molecule has 23 heavy (non-hydrogen) atoms. The summed E-state index contributed by atoms with van der Waals surface area (Å²) in [6.07, 6.45) is 0. The zero-order chi connectivity index (χ0) is 17.8. The number of carbonyl (C=O) groups excluding carboxylic acids is 2. The number of rotatable bonds is 5. The first kappa shape index (κ1) is 18.9. The van der Waals surface area contributed by atoms with Crippen molar-refractivity contribution in [3.8, 4) is 5.75 Å². The minimum atomic E-state index is -3.12. The van der Waals surface area contributed by atoms with Gasteiger partial charge in [0.2, 0.25) is 0 Å². The lowest BCUT2D eigenvalue weighted by atomic mass is 10.1. The lowest BCUT2D eigenvalue weighted by Crippen LogP contribution is -2.27. The molecule has 0 bridgehead atoms. The molecule has 0 saturated heterocycles. The van der Waals surface area contributed by atoms with Crippen LogP contribution in [0.2, 0.25) is 0 Å². The Balaban J connectivity index is 2.98. The molecular weight excluding hydrogens is 310 g/mol. The van der Waals surface area contributed by atoms with Crippen molar-refractivity contribution in [1.82, 2.24) is 0 Å². The molecule has 1 aromatic carbocycles. The Morgan fingerprint density at radius 3 is 2.22 bits per heavy atom. The van der Waals surface area contributed by atoms with Crippen molar-refractivity contribution in [2.24, 2.45) is 0 Å². The van der Waals surface area contributed by atoms with Crippen LogP contribution in [-0.4, -0.2) is 31.3 Å². The number of carbonyl (C=O) groups is 2. The van der Waals surface area contributed by atoms with Crippen molar-refractivity contribution >= 4 is 11.9 Å². The van der Waals surface area contributed by atoms with Gasteiger partial charge in [-0.25, -0.2) is 18.4 Å². The summed E-state index contributed by atoms with van der Waals surface area (Å²) in [7, 11) is 1.12. The molecule has 0 aliphatic heterocycles. The van der Waals surface area contributed by atoms with Crippen LogP contribution in [0.5, 0.6) is 5.75 Å². The molecule has 0 amide bonds. The van der Waals surface area contributed by atoms with Crippen molar-refractivity contribution in [3.05, 3.63) is 29.3 Å². The number of ether oxygens (including phenoxy) is 3. The van der Waals surface area contributed by atoms with Crippen LogP contribution in [0.3, 0.4) is 0 Å². The third-order valence-electron chi connectivity index (χ3n) is 2.66. The summed E-state index contributed by atoms with van der Waals surface area (Å²) in [5.74, 6) is -4.63. The predicted molar refractivity (Wildman–Crippen MR) is 78.7 cm³/mol. The van der Waals surface area contributed by atoms with Crippen LogP contribution in [0.1, 0.15) is 43.6 Å². The second-order valence-corrected chi connectivity index (χ2v) is 5.97. The Kier molecular flexibility index (Phi) is 5.69. The fourth-order valence-electron chi connectivity index (χ4n) is 1.71. The lowest BCUT2D eigenvalue weighted by Gasteiger charge is -2.20. The van der Waals surface area contributed by atoms with E-state index in [1.165, 1.54) is 6.07 Å². The van der Waals surface area contributed by atoms with Crippen molar-refractivity contribution < 1.29 is 32.6 Å². The highest BCUT2D eigenvalue weighted by molar-refractivity contribution is 5.92. The molecule has 128 valence electrons. The maximum absolute atomic E-state index is 13.4. The minimum absolute atomic E-state index is 0.0318. The highest BCUT2D eigenvalue weighted by Crippen LogP contribution is 2.31. The topological polar surface area (TPSA) is 61.8 Å². The molecule has 0 N–H and O–H groups in total. The number of hydrogen-bond donors (Lipinski definition) is 0. The van der Waals surface area contributed by atoms with E-state index in [-0.39, 0.29) is 16.9 Å². The SMILES string of the molecule is COC(=O)c1cc(C(C)(F)F)ccc1OCC(=O)OC(C)(C)C. The van der Waals surface area contributed by atoms with Gasteiger partial charge in [0.05, 0.1) is 7.11 Å². The van der Waals surface area contributed by atoms with E-state index >= 15 is 0 Å². The molecule has 0 unspecified atom stereocenters. The first-order valence-electron chi connectivity index (χ1n) is 6.89. The molecule has 0 saturated carbocycles. The Hall–Kier alpha value is -2.18. The maximum atomic E-state index is 13.4. The van der Waals surface area contributed by atoms with Crippen molar-refractivity contribution in [2.75, 3.05) is 13.7 Å². The zero-order valence-electron chi connectivity index (χ0n) is 13.7. The maximum Gasteiger partial charge on any atom is 0.344 e. The van der Waals surface area contributed by atoms with E-state index in [4.69, 9.17) is 9.47 Å². The summed E-state index contributed by atoms with van der Waals surface area (Å²) < 4.78 is 41.6. The molecule has 5 nitrogen and oxygen atoms in total. The predicted octanol–water partition coefficient (Wildman–Crippen LogP) is 3.31. The monoisotopic (exact) mass is 330 g/mol. The first-order valence-corrected chi connectivity index (χ1v) is 6.89. The van der Waals surface area contributed by atoms with Gasteiger partial charge in [0.25, 0.3) is 5.92 Å². The van der Waals surface area contributed by atoms with E-state index in [2.05, 4.69) is 4.74 Å². The summed E-state index contributed by atoms with van der Waals surface area (Å²) in [6.45, 7) is 5.35. The third kappa shape index (κ3) is 5.84. The molecule has 0 heterocycles. The summed E-state index contributed by atoms with van der Waals surface area (Å²) >= 11 is 0. The van der Waals surface area contributed by atoms with Gasteiger partial charge in [-0.05, 0) is 39.0 Å². The smallest absolute Gasteiger partial charge is 0.344 e. The zero-order valence-corrected chi connectivity index (χ0v) is 13.7. The number of methoxy groups -OCH3 is 1. The molecular formula is C16H20F2O5. The van der Waals surface area contributed by atoms with Gasteiger partial charge < -0.3 is 14.2 Å². The highest BCUT2D eigenvalue weighted by Gasteiger charge is 2.27. The minimum Gasteiger partial charge on any atom is -0.481 e. The Morgan fingerprint density at radius 2 is 1.74 bits per heavy atom. The molecule has 1 aromatic rings. The van der Waals surface area contributed by atoms with Crippen LogP contribution in [-0.2, 0) is 20.2 Å². The number of hydrogen-bond acceptors (Lipinski definition) is 5. The van der Waals surface area contributed by atoms with E-state index in [0.29, 0.717) is 6.92 Å². The van der Waals surface area contributed by atoms with Gasteiger partial charge in [0, 0.05) is 12.5 Å². The Bertz CT molecular complexity index is 585. The van der Waals surface area contributed by atoms with Gasteiger partial charge in [-0.3, -0.25) is 0 Å². The van der Waals surface area contributed by atoms with Gasteiger partial charge in [0.1, 0.15) is 16.9 Å². The molecule has 0 radical (unpaired) electrons. The van der Waals surface area contributed by atoms with Crippen LogP contribution in [0, 0.1) is 0 Å². The van der Waals surface area contributed by atoms with Gasteiger partial charge >= 0.3 is 11.9 Å². The molecule has 0 aliphatic carbocycles. The van der Waals surface area contributed by atoms with Gasteiger partial charge in [-0.15, -0.1) is 0 Å². The van der Waals surface area contributed by atoms with E-state index in [1.807, 2.05) is 0 Å². The van der Waals surface area contributed by atoms with Crippen LogP contribution >= 0.6 is 0 Å². The number of esters is 2. The Morgan fingerprint density at radius 1 is 1.13 bits per heavy atom. The second-order valence-electron chi connectivity index (χ2n) is 5.97. The standard InChI is InChI=1S/C16H20F2O5/c1-15(2,3)23-13(19)9-22-12-7-6-10(16(4,17)18)8-11(12)14(20)21-5/h6-8H,9H2,1-5H3. The summed E-state index contributed by atoms with van der Waals surface area (Å²) in [5.41, 5.74) is -1.22. The summed E-state index contributed by atoms with van der Waals surface area (Å²) in [4.78, 5) is 23.3. The van der Waals surface area contributed by atoms with Gasteiger partial charge in [-0.1, -0.05) is 0 Å². The Labute approximate surface area is 133 Å². The second kappa shape index (κ2) is 6.93. The van der Waals surface area contributed by atoms with Crippen molar-refractivity contribution in [1.29, 1.82) is 0 Å². The quantitative estimate of drug-likeness (QED) is 0.775. The van der Waals surface area contributed by atoms with Crippen LogP contribution in [0.25, 0.3) is 0 Å². The highest BCUT2D eigenvalue weighted by atomic mass is 19.3. The largest absolute Gasteiger partial charge is 0.481 e. The van der Waals surface area contributed by atoms with Crippen LogP contribution in [0.4, 0.5) is 8.78 Å². The van der Waals surface area contributed by atoms with Gasteiger partial charge in [-0.2, -0.15) is 0 Å². The van der Waals surface area contributed by atoms with Crippen molar-refractivity contribution in [3.63, 3.8) is 0 Å². The normalized spacial score (nSPS) is 11.8. The molecule has 0 spiro atoms. The molecule has 0 fully saturated rings. The molecule has 1 rings (SSSR count). The average Bonchev–Trinajstić information content (AvgIpc) is 2.41. The third-order valence-corrected chi connectivity index (χ3v) is 2.66. The van der Waals surface area contributed by atoms with E-state index in [9.17, 15) is 18.4 Å². The van der Waals surface area contributed by atoms with Crippen LogP contribution < -0.4 is 4.74 Å². The number of alkyl halides is 2. The molecule has 0 aliphatic rings. The summed E-state index contributed by atoms with van der Waals surface area (Å²) in [6, 6.07) is 3.30. The van der Waals surface area contributed by atoms with Crippen LogP contribution in [0.15, 0.2) is 18.2 Å². The molecule has 0 aromatic heterocycles.